The fraction of sp³-hybridized carbons (Fsp3) is 0.333. The highest BCUT2D eigenvalue weighted by molar-refractivity contribution is 7.11. The third kappa shape index (κ3) is 2.82. The van der Waals surface area contributed by atoms with Gasteiger partial charge in [-0.25, -0.2) is 9.37 Å². The molecular weight excluding hydrogens is 291 g/mol. The Bertz CT molecular complexity index is 671. The number of carbonyl (C=O) groups is 1. The van der Waals surface area contributed by atoms with Crippen LogP contribution in [0.25, 0.3) is 0 Å². The summed E-state index contributed by atoms with van der Waals surface area (Å²) < 4.78 is 18.8. The Labute approximate surface area is 126 Å². The van der Waals surface area contributed by atoms with Crippen LogP contribution in [0, 0.1) is 5.82 Å². The van der Waals surface area contributed by atoms with Crippen LogP contribution in [0.15, 0.2) is 24.3 Å². The molecule has 0 radical (unpaired) electrons. The number of benzene rings is 1. The molecule has 3 rings (SSSR count). The van der Waals surface area contributed by atoms with E-state index in [1.165, 1.54) is 12.1 Å². The fourth-order valence-electron chi connectivity index (χ4n) is 2.41. The number of thiazole rings is 1. The first-order valence-electron chi connectivity index (χ1n) is 6.69. The van der Waals surface area contributed by atoms with Crippen LogP contribution < -0.4 is 0 Å². The van der Waals surface area contributed by atoms with E-state index >= 15 is 0 Å². The Morgan fingerprint density at radius 2 is 2.29 bits per heavy atom. The number of amides is 1. The van der Waals surface area contributed by atoms with Gasteiger partial charge in [0.25, 0.3) is 5.91 Å². The molecule has 4 nitrogen and oxygen atoms in total. The van der Waals surface area contributed by atoms with Gasteiger partial charge in [0.05, 0.1) is 24.4 Å². The van der Waals surface area contributed by atoms with E-state index in [1.807, 2.05) is 0 Å². The van der Waals surface area contributed by atoms with Gasteiger partial charge in [-0.05, 0) is 12.1 Å². The van der Waals surface area contributed by atoms with Crippen LogP contribution >= 0.6 is 11.3 Å². The predicted molar refractivity (Wildman–Crippen MR) is 77.7 cm³/mol. The highest BCUT2D eigenvalue weighted by atomic mass is 32.1. The largest absolute Gasteiger partial charge is 0.378 e. The van der Waals surface area contributed by atoms with Crippen molar-refractivity contribution in [1.82, 2.24) is 9.88 Å². The molecule has 1 aliphatic rings. The molecule has 1 aromatic heterocycles. The molecule has 1 aliphatic heterocycles. The van der Waals surface area contributed by atoms with Crippen molar-refractivity contribution in [2.24, 2.45) is 0 Å². The minimum Gasteiger partial charge on any atom is -0.378 e. The van der Waals surface area contributed by atoms with Crippen LogP contribution in [0.1, 0.15) is 25.9 Å². The standard InChI is InChI=1S/C15H15FN2O2S/c1-20-9-14-17-12-6-7-18(8-13(12)21-14)15(19)10-4-2-3-5-11(10)16/h2-5H,6-9H2,1H3. The second kappa shape index (κ2) is 5.91. The fourth-order valence-corrected chi connectivity index (χ4v) is 3.52. The van der Waals surface area contributed by atoms with Gasteiger partial charge in [-0.15, -0.1) is 11.3 Å². The molecule has 1 amide bonds. The zero-order valence-corrected chi connectivity index (χ0v) is 12.5. The number of ether oxygens (including phenoxy) is 1. The molecular formula is C15H15FN2O2S. The molecule has 1 aromatic carbocycles. The Kier molecular flexibility index (Phi) is 3.98. The lowest BCUT2D eigenvalue weighted by Gasteiger charge is -2.26. The summed E-state index contributed by atoms with van der Waals surface area (Å²) in [4.78, 5) is 19.7. The molecule has 0 N–H and O–H groups in total. The highest BCUT2D eigenvalue weighted by Gasteiger charge is 2.26. The van der Waals surface area contributed by atoms with Gasteiger partial charge in [-0.3, -0.25) is 4.79 Å². The number of nitrogens with zero attached hydrogens (tertiary/aromatic N) is 2. The van der Waals surface area contributed by atoms with E-state index in [2.05, 4.69) is 4.98 Å². The lowest BCUT2D eigenvalue weighted by atomic mass is 10.1. The summed E-state index contributed by atoms with van der Waals surface area (Å²) in [7, 11) is 1.63. The van der Waals surface area contributed by atoms with E-state index in [0.717, 1.165) is 15.6 Å². The maximum Gasteiger partial charge on any atom is 0.257 e. The van der Waals surface area contributed by atoms with Crippen molar-refractivity contribution in [3.63, 3.8) is 0 Å². The molecule has 0 spiro atoms. The second-order valence-electron chi connectivity index (χ2n) is 4.87. The molecule has 2 aromatic rings. The van der Waals surface area contributed by atoms with E-state index < -0.39 is 5.82 Å². The number of hydrogen-bond donors (Lipinski definition) is 0. The quantitative estimate of drug-likeness (QED) is 0.875. The van der Waals surface area contributed by atoms with Crippen LogP contribution in [0.2, 0.25) is 0 Å². The summed E-state index contributed by atoms with van der Waals surface area (Å²) in [5.74, 6) is -0.738. The minimum absolute atomic E-state index is 0.127. The van der Waals surface area contributed by atoms with Gasteiger partial charge in [-0.1, -0.05) is 12.1 Å². The Balaban J connectivity index is 1.79. The third-order valence-corrected chi connectivity index (χ3v) is 4.49. The molecule has 0 unspecified atom stereocenters. The maximum absolute atomic E-state index is 13.7. The van der Waals surface area contributed by atoms with Crippen molar-refractivity contribution in [3.05, 3.63) is 51.2 Å². The summed E-state index contributed by atoms with van der Waals surface area (Å²) in [5.41, 5.74) is 1.16. The average Bonchev–Trinajstić information content (AvgIpc) is 2.89. The lowest BCUT2D eigenvalue weighted by Crippen LogP contribution is -2.35. The van der Waals surface area contributed by atoms with Gasteiger partial charge in [0.15, 0.2) is 0 Å². The highest BCUT2D eigenvalue weighted by Crippen LogP contribution is 2.26. The number of halogens is 1. The molecule has 0 aliphatic carbocycles. The smallest absolute Gasteiger partial charge is 0.257 e. The van der Waals surface area contributed by atoms with E-state index in [1.54, 1.807) is 35.5 Å². The van der Waals surface area contributed by atoms with E-state index in [9.17, 15) is 9.18 Å². The molecule has 2 heterocycles. The van der Waals surface area contributed by atoms with Crippen molar-refractivity contribution in [3.8, 4) is 0 Å². The summed E-state index contributed by atoms with van der Waals surface area (Å²) in [5, 5.41) is 0.919. The number of aromatic nitrogens is 1. The zero-order chi connectivity index (χ0) is 14.8. The summed E-state index contributed by atoms with van der Waals surface area (Å²) in [6.07, 6.45) is 0.704. The van der Waals surface area contributed by atoms with Crippen LogP contribution in [0.3, 0.4) is 0 Å². The first-order chi connectivity index (χ1) is 10.2. The number of carbonyl (C=O) groups excluding carboxylic acids is 1. The maximum atomic E-state index is 13.7. The van der Waals surface area contributed by atoms with Gasteiger partial charge in [0.2, 0.25) is 0 Å². The lowest BCUT2D eigenvalue weighted by molar-refractivity contribution is 0.0731. The summed E-state index contributed by atoms with van der Waals surface area (Å²) in [6, 6.07) is 6.10. The first-order valence-corrected chi connectivity index (χ1v) is 7.51. The van der Waals surface area contributed by atoms with Gasteiger partial charge < -0.3 is 9.64 Å². The van der Waals surface area contributed by atoms with E-state index in [0.29, 0.717) is 26.1 Å². The third-order valence-electron chi connectivity index (χ3n) is 3.43. The van der Waals surface area contributed by atoms with Crippen molar-refractivity contribution in [1.29, 1.82) is 0 Å². The van der Waals surface area contributed by atoms with Gasteiger partial charge in [-0.2, -0.15) is 0 Å². The zero-order valence-electron chi connectivity index (χ0n) is 11.6. The molecule has 21 heavy (non-hydrogen) atoms. The van der Waals surface area contributed by atoms with Gasteiger partial charge in [0.1, 0.15) is 10.8 Å². The predicted octanol–water partition coefficient (Wildman–Crippen LogP) is 2.63. The molecule has 0 saturated heterocycles. The number of rotatable bonds is 3. The molecule has 0 saturated carbocycles. The molecule has 110 valence electrons. The van der Waals surface area contributed by atoms with E-state index in [-0.39, 0.29) is 11.5 Å². The number of methoxy groups -OCH3 is 1. The number of fused-ring (bicyclic) bond motifs is 1. The molecule has 6 heteroatoms. The SMILES string of the molecule is COCc1nc2c(s1)CN(C(=O)c1ccccc1F)CC2. The second-order valence-corrected chi connectivity index (χ2v) is 6.04. The van der Waals surface area contributed by atoms with Crippen LogP contribution in [0.4, 0.5) is 4.39 Å². The summed E-state index contributed by atoms with van der Waals surface area (Å²) >= 11 is 1.56. The van der Waals surface area contributed by atoms with Crippen molar-refractivity contribution >= 4 is 17.2 Å². The van der Waals surface area contributed by atoms with Crippen LogP contribution in [-0.2, 0) is 24.3 Å². The minimum atomic E-state index is -0.474. The Morgan fingerprint density at radius 1 is 1.48 bits per heavy atom. The average molecular weight is 306 g/mol. The van der Waals surface area contributed by atoms with Crippen LogP contribution in [0.5, 0.6) is 0 Å². The van der Waals surface area contributed by atoms with E-state index in [4.69, 9.17) is 4.74 Å². The summed E-state index contributed by atoms with van der Waals surface area (Å²) in [6.45, 7) is 1.54. The van der Waals surface area contributed by atoms with Gasteiger partial charge >= 0.3 is 0 Å². The van der Waals surface area contributed by atoms with Crippen LogP contribution in [-0.4, -0.2) is 29.4 Å². The van der Waals surface area contributed by atoms with Crippen molar-refractivity contribution in [2.45, 2.75) is 19.6 Å². The monoisotopic (exact) mass is 306 g/mol. The first kappa shape index (κ1) is 14.2. The topological polar surface area (TPSA) is 42.4 Å². The molecule has 0 bridgehead atoms. The van der Waals surface area contributed by atoms with Gasteiger partial charge in [0, 0.05) is 25.0 Å². The number of hydrogen-bond acceptors (Lipinski definition) is 4. The molecule has 0 fully saturated rings. The van der Waals surface area contributed by atoms with Crippen molar-refractivity contribution < 1.29 is 13.9 Å². The molecule has 0 atom stereocenters. The Morgan fingerprint density at radius 3 is 3.05 bits per heavy atom. The van der Waals surface area contributed by atoms with Crippen molar-refractivity contribution in [2.75, 3.05) is 13.7 Å². The normalized spacial score (nSPS) is 14.1. The Hall–Kier alpha value is -1.79.